The van der Waals surface area contributed by atoms with Gasteiger partial charge in [0.1, 0.15) is 5.71 Å². The molecule has 16 heavy (non-hydrogen) atoms. The molecule has 1 saturated carbocycles. The van der Waals surface area contributed by atoms with Crippen molar-refractivity contribution in [2.75, 3.05) is 6.26 Å². The van der Waals surface area contributed by atoms with Crippen LogP contribution < -0.4 is 0 Å². The third kappa shape index (κ3) is 1.74. The van der Waals surface area contributed by atoms with E-state index in [2.05, 4.69) is 5.16 Å². The molecule has 1 unspecified atom stereocenters. The summed E-state index contributed by atoms with van der Waals surface area (Å²) in [4.78, 5) is 3.68. The molecule has 0 spiro atoms. The van der Waals surface area contributed by atoms with Gasteiger partial charge in [0.15, 0.2) is 4.87 Å². The molecule has 0 aromatic rings. The number of thioether (sulfide) groups is 1. The third-order valence-corrected chi connectivity index (χ3v) is 4.45. The molecule has 1 aliphatic heterocycles. The van der Waals surface area contributed by atoms with Crippen LogP contribution in [0.5, 0.6) is 0 Å². The van der Waals surface area contributed by atoms with Crippen molar-refractivity contribution in [3.8, 4) is 0 Å². The SMILES string of the molecule is CSC1(C=N)C(C2CCCCC2)=NON1[O-]. The summed E-state index contributed by atoms with van der Waals surface area (Å²) in [6, 6.07) is 0. The Morgan fingerprint density at radius 2 is 2.25 bits per heavy atom. The quantitative estimate of drug-likeness (QED) is 0.771. The minimum absolute atomic E-state index is 0.293. The van der Waals surface area contributed by atoms with Gasteiger partial charge >= 0.3 is 0 Å². The van der Waals surface area contributed by atoms with E-state index in [1.165, 1.54) is 31.0 Å². The molecule has 2 aliphatic rings. The van der Waals surface area contributed by atoms with Gasteiger partial charge < -0.3 is 15.6 Å². The zero-order valence-electron chi connectivity index (χ0n) is 9.31. The second-order valence-electron chi connectivity index (χ2n) is 4.20. The molecular formula is C10H16N3O2S-. The van der Waals surface area contributed by atoms with Gasteiger partial charge in [-0.1, -0.05) is 24.4 Å². The van der Waals surface area contributed by atoms with E-state index in [0.29, 0.717) is 11.1 Å². The number of hydrogen-bond donors (Lipinski definition) is 1. The summed E-state index contributed by atoms with van der Waals surface area (Å²) in [7, 11) is 0. The van der Waals surface area contributed by atoms with Gasteiger partial charge in [-0.15, -0.1) is 11.8 Å². The van der Waals surface area contributed by atoms with Crippen molar-refractivity contribution in [2.24, 2.45) is 11.1 Å². The predicted molar refractivity (Wildman–Crippen MR) is 65.3 cm³/mol. The molecule has 6 heteroatoms. The van der Waals surface area contributed by atoms with Gasteiger partial charge in [-0.3, -0.25) is 0 Å². The first-order valence-electron chi connectivity index (χ1n) is 5.54. The maximum absolute atomic E-state index is 11.6. The summed E-state index contributed by atoms with van der Waals surface area (Å²) in [5, 5.41) is 23.4. The van der Waals surface area contributed by atoms with Crippen molar-refractivity contribution in [2.45, 2.75) is 37.0 Å². The van der Waals surface area contributed by atoms with Crippen LogP contribution in [-0.4, -0.2) is 28.3 Å². The maximum Gasteiger partial charge on any atom is 0.167 e. The minimum Gasteiger partial charge on any atom is -0.749 e. The molecule has 0 aromatic heterocycles. The highest BCUT2D eigenvalue weighted by Crippen LogP contribution is 2.39. The van der Waals surface area contributed by atoms with Gasteiger partial charge in [0.2, 0.25) is 0 Å². The lowest BCUT2D eigenvalue weighted by atomic mass is 9.83. The molecule has 90 valence electrons. The molecule has 0 radical (unpaired) electrons. The van der Waals surface area contributed by atoms with Gasteiger partial charge in [0, 0.05) is 12.1 Å². The first-order chi connectivity index (χ1) is 7.74. The largest absolute Gasteiger partial charge is 0.749 e. The van der Waals surface area contributed by atoms with Crippen LogP contribution in [0.25, 0.3) is 0 Å². The fourth-order valence-electron chi connectivity index (χ4n) is 2.41. The van der Waals surface area contributed by atoms with Crippen molar-refractivity contribution in [3.05, 3.63) is 5.21 Å². The van der Waals surface area contributed by atoms with Crippen LogP contribution in [0.2, 0.25) is 0 Å². The Morgan fingerprint density at radius 1 is 1.56 bits per heavy atom. The molecule has 1 atom stereocenters. The standard InChI is InChI=1S/C10H16N3O2S/c1-16-10(7-11)9(12-15-13(10)14)8-5-3-2-4-6-8/h7-8,11H,2-6H2,1H3/q-1. The van der Waals surface area contributed by atoms with E-state index < -0.39 is 4.87 Å². The normalized spacial score (nSPS) is 32.2. The van der Waals surface area contributed by atoms with Gasteiger partial charge in [-0.2, -0.15) is 5.23 Å². The Bertz CT molecular complexity index is 304. The molecule has 0 amide bonds. The van der Waals surface area contributed by atoms with E-state index >= 15 is 0 Å². The lowest BCUT2D eigenvalue weighted by Gasteiger charge is -2.37. The Labute approximate surface area is 99.2 Å². The number of hydrogen-bond acceptors (Lipinski definition) is 6. The van der Waals surface area contributed by atoms with E-state index in [-0.39, 0.29) is 0 Å². The van der Waals surface area contributed by atoms with Crippen LogP contribution in [0.4, 0.5) is 0 Å². The zero-order chi connectivity index (χ0) is 11.6. The molecule has 1 fully saturated rings. The van der Waals surface area contributed by atoms with Gasteiger partial charge in [-0.25, -0.2) is 0 Å². The topological polar surface area (TPSA) is 71.7 Å². The van der Waals surface area contributed by atoms with Gasteiger partial charge in [0.25, 0.3) is 0 Å². The zero-order valence-corrected chi connectivity index (χ0v) is 10.1. The Kier molecular flexibility index (Phi) is 3.51. The Hall–Kier alpha value is -0.590. The van der Waals surface area contributed by atoms with E-state index in [0.717, 1.165) is 24.8 Å². The van der Waals surface area contributed by atoms with E-state index in [1.54, 1.807) is 0 Å². The highest BCUT2D eigenvalue weighted by atomic mass is 32.2. The van der Waals surface area contributed by atoms with Crippen LogP contribution in [-0.2, 0) is 4.94 Å². The third-order valence-electron chi connectivity index (χ3n) is 3.35. The second kappa shape index (κ2) is 4.73. The molecule has 1 N–H and O–H groups in total. The molecule has 0 saturated heterocycles. The molecule has 1 heterocycles. The molecule has 0 aromatic carbocycles. The van der Waals surface area contributed by atoms with Crippen LogP contribution in [0.15, 0.2) is 5.16 Å². The number of hydroxylamine groups is 2. The number of rotatable bonds is 3. The average Bonchev–Trinajstić information content (AvgIpc) is 2.68. The summed E-state index contributed by atoms with van der Waals surface area (Å²) in [6.07, 6.45) is 8.64. The van der Waals surface area contributed by atoms with Crippen LogP contribution >= 0.6 is 11.8 Å². The Morgan fingerprint density at radius 3 is 2.81 bits per heavy atom. The number of oxime groups is 1. The fraction of sp³-hybridized carbons (Fsp3) is 0.800. The first-order valence-corrected chi connectivity index (χ1v) is 6.76. The summed E-state index contributed by atoms with van der Waals surface area (Å²) in [5.41, 5.74) is 0.727. The van der Waals surface area contributed by atoms with Crippen molar-refractivity contribution in [1.29, 1.82) is 5.41 Å². The van der Waals surface area contributed by atoms with E-state index in [9.17, 15) is 5.21 Å². The average molecular weight is 242 g/mol. The lowest BCUT2D eigenvalue weighted by Crippen LogP contribution is -2.48. The molecule has 0 bridgehead atoms. The van der Waals surface area contributed by atoms with Crippen molar-refractivity contribution in [1.82, 2.24) is 5.23 Å². The Balaban J connectivity index is 2.21. The fourth-order valence-corrected chi connectivity index (χ4v) is 3.12. The summed E-state index contributed by atoms with van der Waals surface area (Å²) >= 11 is 1.30. The highest BCUT2D eigenvalue weighted by Gasteiger charge is 2.45. The summed E-state index contributed by atoms with van der Waals surface area (Å²) in [5.74, 6) is 0.293. The smallest absolute Gasteiger partial charge is 0.167 e. The van der Waals surface area contributed by atoms with E-state index in [1.807, 2.05) is 6.26 Å². The monoisotopic (exact) mass is 242 g/mol. The van der Waals surface area contributed by atoms with Crippen LogP contribution in [0, 0.1) is 16.5 Å². The van der Waals surface area contributed by atoms with Crippen molar-refractivity contribution >= 4 is 23.7 Å². The van der Waals surface area contributed by atoms with Crippen molar-refractivity contribution in [3.63, 3.8) is 0 Å². The minimum atomic E-state index is -1.03. The van der Waals surface area contributed by atoms with Gasteiger partial charge in [0.05, 0.1) is 0 Å². The maximum atomic E-state index is 11.6. The van der Waals surface area contributed by atoms with E-state index in [4.69, 9.17) is 10.3 Å². The number of nitrogens with one attached hydrogen (secondary N) is 1. The number of nitrogens with zero attached hydrogens (tertiary/aromatic N) is 2. The molecule has 2 rings (SSSR count). The summed E-state index contributed by atoms with van der Waals surface area (Å²) < 4.78 is 0. The van der Waals surface area contributed by atoms with Crippen LogP contribution in [0.1, 0.15) is 32.1 Å². The summed E-state index contributed by atoms with van der Waals surface area (Å²) in [6.45, 7) is 0. The van der Waals surface area contributed by atoms with Gasteiger partial charge in [-0.05, 0) is 19.1 Å². The predicted octanol–water partition coefficient (Wildman–Crippen LogP) is 2.38. The first kappa shape index (κ1) is 11.9. The molecule has 5 nitrogen and oxygen atoms in total. The highest BCUT2D eigenvalue weighted by molar-refractivity contribution is 8.01. The lowest BCUT2D eigenvalue weighted by molar-refractivity contribution is -0.105. The van der Waals surface area contributed by atoms with Crippen LogP contribution in [0.3, 0.4) is 0 Å². The molecular weight excluding hydrogens is 226 g/mol. The van der Waals surface area contributed by atoms with Crippen molar-refractivity contribution < 1.29 is 4.94 Å². The molecule has 1 aliphatic carbocycles. The second-order valence-corrected chi connectivity index (χ2v) is 5.23.